The predicted octanol–water partition coefficient (Wildman–Crippen LogP) is 2.00. The number of rotatable bonds is 2. The molecule has 5 nitrogen and oxygen atoms in total. The fourth-order valence-corrected chi connectivity index (χ4v) is 2.70. The van der Waals surface area contributed by atoms with Crippen molar-refractivity contribution in [2.75, 3.05) is 6.54 Å². The molecule has 1 saturated heterocycles. The first-order chi connectivity index (χ1) is 9.02. The molecule has 1 heterocycles. The summed E-state index contributed by atoms with van der Waals surface area (Å²) in [5, 5.41) is 12.3. The fourth-order valence-electron chi connectivity index (χ4n) is 2.41. The van der Waals surface area contributed by atoms with E-state index in [4.69, 9.17) is 22.5 Å². The van der Waals surface area contributed by atoms with Gasteiger partial charge in [0, 0.05) is 17.1 Å². The van der Waals surface area contributed by atoms with E-state index in [1.165, 1.54) is 0 Å². The molecule has 3 N–H and O–H groups in total. The van der Waals surface area contributed by atoms with Crippen LogP contribution in [0.25, 0.3) is 0 Å². The average molecular weight is 282 g/mol. The normalized spacial score (nSPS) is 19.8. The largest absolute Gasteiger partial charge is 0.409 e. The van der Waals surface area contributed by atoms with E-state index >= 15 is 0 Å². The Hall–Kier alpha value is -1.75. The lowest BCUT2D eigenvalue weighted by atomic mass is 10.1. The minimum atomic E-state index is -0.336. The third kappa shape index (κ3) is 2.81. The van der Waals surface area contributed by atoms with Gasteiger partial charge in [0.2, 0.25) is 0 Å². The highest BCUT2D eigenvalue weighted by Crippen LogP contribution is 2.22. The van der Waals surface area contributed by atoms with E-state index < -0.39 is 0 Å². The third-order valence-electron chi connectivity index (χ3n) is 3.26. The Bertz CT molecular complexity index is 510. The average Bonchev–Trinajstić information content (AvgIpc) is 2.84. The first-order valence-corrected chi connectivity index (χ1v) is 6.46. The van der Waals surface area contributed by atoms with Crippen molar-refractivity contribution in [1.82, 2.24) is 4.90 Å². The van der Waals surface area contributed by atoms with Crippen LogP contribution in [0.15, 0.2) is 23.4 Å². The number of aryl methyl sites for hydroxylation is 1. The Morgan fingerprint density at radius 2 is 2.26 bits per heavy atom. The molecule has 1 amide bonds. The number of benzene rings is 1. The van der Waals surface area contributed by atoms with Crippen LogP contribution in [-0.4, -0.2) is 34.4 Å². The maximum Gasteiger partial charge on any atom is 0.254 e. The number of carbonyl (C=O) groups is 1. The molecule has 6 heteroatoms. The molecule has 1 aliphatic heterocycles. The topological polar surface area (TPSA) is 78.9 Å². The third-order valence-corrected chi connectivity index (χ3v) is 3.48. The number of hydrogen-bond acceptors (Lipinski definition) is 3. The standard InChI is InChI=1S/C13H16ClN3O2/c1-8-5-9(7-10(14)6-8)13(18)17-4-2-3-11(17)12(15)16-19/h5-7,11,19H,2-4H2,1H3,(H2,15,16). The minimum absolute atomic E-state index is 0.0737. The molecule has 0 aromatic heterocycles. The highest BCUT2D eigenvalue weighted by molar-refractivity contribution is 6.31. The fraction of sp³-hybridized carbons (Fsp3) is 0.385. The quantitative estimate of drug-likeness (QED) is 0.377. The van der Waals surface area contributed by atoms with Gasteiger partial charge in [-0.05, 0) is 43.5 Å². The number of halogens is 1. The van der Waals surface area contributed by atoms with Crippen molar-refractivity contribution in [3.8, 4) is 0 Å². The van der Waals surface area contributed by atoms with Crippen LogP contribution >= 0.6 is 11.6 Å². The zero-order chi connectivity index (χ0) is 14.0. The Morgan fingerprint density at radius 3 is 2.89 bits per heavy atom. The number of amides is 1. The van der Waals surface area contributed by atoms with Gasteiger partial charge in [-0.3, -0.25) is 4.79 Å². The summed E-state index contributed by atoms with van der Waals surface area (Å²) in [7, 11) is 0. The molecular weight excluding hydrogens is 266 g/mol. The van der Waals surface area contributed by atoms with Crippen LogP contribution in [0, 0.1) is 6.92 Å². The lowest BCUT2D eigenvalue weighted by Gasteiger charge is -2.23. The number of carbonyl (C=O) groups excluding carboxylic acids is 1. The number of nitrogens with zero attached hydrogens (tertiary/aromatic N) is 2. The van der Waals surface area contributed by atoms with Gasteiger partial charge < -0.3 is 15.8 Å². The summed E-state index contributed by atoms with van der Waals surface area (Å²) in [6, 6.07) is 4.88. The molecular formula is C13H16ClN3O2. The summed E-state index contributed by atoms with van der Waals surface area (Å²) in [6.07, 6.45) is 1.55. The molecule has 1 fully saturated rings. The SMILES string of the molecule is Cc1cc(Cl)cc(C(=O)N2CCCC2/C(N)=N/O)c1. The summed E-state index contributed by atoms with van der Waals surface area (Å²) in [4.78, 5) is 14.1. The molecule has 0 saturated carbocycles. The van der Waals surface area contributed by atoms with Crippen LogP contribution in [0.2, 0.25) is 5.02 Å². The molecule has 0 aliphatic carbocycles. The smallest absolute Gasteiger partial charge is 0.254 e. The van der Waals surface area contributed by atoms with E-state index in [1.807, 2.05) is 6.92 Å². The second-order valence-electron chi connectivity index (χ2n) is 4.70. The number of nitrogens with two attached hydrogens (primary N) is 1. The summed E-state index contributed by atoms with van der Waals surface area (Å²) in [5.41, 5.74) is 7.08. The predicted molar refractivity (Wildman–Crippen MR) is 73.7 cm³/mol. The number of amidine groups is 1. The maximum atomic E-state index is 12.5. The Labute approximate surface area is 116 Å². The molecule has 1 unspecified atom stereocenters. The Morgan fingerprint density at radius 1 is 1.53 bits per heavy atom. The van der Waals surface area contributed by atoms with Crippen molar-refractivity contribution in [2.24, 2.45) is 10.9 Å². The van der Waals surface area contributed by atoms with Crippen LogP contribution < -0.4 is 5.73 Å². The zero-order valence-electron chi connectivity index (χ0n) is 10.6. The summed E-state index contributed by atoms with van der Waals surface area (Å²) in [5.74, 6) is -0.0655. The second kappa shape index (κ2) is 5.48. The van der Waals surface area contributed by atoms with Gasteiger partial charge in [0.05, 0.1) is 6.04 Å². The summed E-state index contributed by atoms with van der Waals surface area (Å²) < 4.78 is 0. The minimum Gasteiger partial charge on any atom is -0.409 e. The van der Waals surface area contributed by atoms with Crippen LogP contribution in [0.3, 0.4) is 0 Å². The van der Waals surface area contributed by atoms with Gasteiger partial charge in [0.1, 0.15) is 0 Å². The van der Waals surface area contributed by atoms with Crippen LogP contribution in [0.5, 0.6) is 0 Å². The summed E-state index contributed by atoms with van der Waals surface area (Å²) in [6.45, 7) is 2.49. The summed E-state index contributed by atoms with van der Waals surface area (Å²) >= 11 is 5.97. The van der Waals surface area contributed by atoms with Crippen molar-refractivity contribution in [3.05, 3.63) is 34.3 Å². The molecule has 1 aliphatic rings. The molecule has 0 bridgehead atoms. The lowest BCUT2D eigenvalue weighted by Crippen LogP contribution is -2.43. The molecule has 19 heavy (non-hydrogen) atoms. The van der Waals surface area contributed by atoms with E-state index in [2.05, 4.69) is 5.16 Å². The molecule has 1 atom stereocenters. The maximum absolute atomic E-state index is 12.5. The first-order valence-electron chi connectivity index (χ1n) is 6.08. The molecule has 0 spiro atoms. The van der Waals surface area contributed by atoms with Crippen LogP contribution in [0.4, 0.5) is 0 Å². The van der Waals surface area contributed by atoms with Gasteiger partial charge in [0.15, 0.2) is 5.84 Å². The zero-order valence-corrected chi connectivity index (χ0v) is 11.4. The highest BCUT2D eigenvalue weighted by atomic mass is 35.5. The van der Waals surface area contributed by atoms with Gasteiger partial charge in [0.25, 0.3) is 5.91 Å². The van der Waals surface area contributed by atoms with E-state index in [-0.39, 0.29) is 17.8 Å². The van der Waals surface area contributed by atoms with E-state index in [1.54, 1.807) is 23.1 Å². The van der Waals surface area contributed by atoms with Gasteiger partial charge in [-0.25, -0.2) is 0 Å². The van der Waals surface area contributed by atoms with Crippen molar-refractivity contribution in [1.29, 1.82) is 0 Å². The van der Waals surface area contributed by atoms with Crippen molar-refractivity contribution in [2.45, 2.75) is 25.8 Å². The second-order valence-corrected chi connectivity index (χ2v) is 5.14. The number of hydrogen-bond donors (Lipinski definition) is 2. The molecule has 1 aromatic rings. The number of oxime groups is 1. The van der Waals surface area contributed by atoms with E-state index in [9.17, 15) is 4.79 Å². The lowest BCUT2D eigenvalue weighted by molar-refractivity contribution is 0.0768. The van der Waals surface area contributed by atoms with Crippen molar-refractivity contribution in [3.63, 3.8) is 0 Å². The van der Waals surface area contributed by atoms with Crippen molar-refractivity contribution >= 4 is 23.3 Å². The van der Waals surface area contributed by atoms with E-state index in [0.29, 0.717) is 23.6 Å². The Balaban J connectivity index is 2.28. The van der Waals surface area contributed by atoms with Gasteiger partial charge in [-0.2, -0.15) is 0 Å². The Kier molecular flexibility index (Phi) is 3.95. The molecule has 1 aromatic carbocycles. The first kappa shape index (κ1) is 13.7. The van der Waals surface area contributed by atoms with E-state index in [0.717, 1.165) is 12.0 Å². The molecule has 102 valence electrons. The molecule has 0 radical (unpaired) electrons. The monoisotopic (exact) mass is 281 g/mol. The van der Waals surface area contributed by atoms with Gasteiger partial charge >= 0.3 is 0 Å². The van der Waals surface area contributed by atoms with Gasteiger partial charge in [-0.1, -0.05) is 16.8 Å². The highest BCUT2D eigenvalue weighted by Gasteiger charge is 2.32. The van der Waals surface area contributed by atoms with Crippen molar-refractivity contribution < 1.29 is 10.0 Å². The molecule has 2 rings (SSSR count). The number of likely N-dealkylation sites (tertiary alicyclic amines) is 1. The van der Waals surface area contributed by atoms with Crippen LogP contribution in [-0.2, 0) is 0 Å². The van der Waals surface area contributed by atoms with Crippen LogP contribution in [0.1, 0.15) is 28.8 Å². The van der Waals surface area contributed by atoms with Gasteiger partial charge in [-0.15, -0.1) is 0 Å².